The van der Waals surface area contributed by atoms with Gasteiger partial charge >= 0.3 is 0 Å². The molecule has 0 spiro atoms. The molecule has 1 amide bonds. The van der Waals surface area contributed by atoms with Gasteiger partial charge in [-0.1, -0.05) is 42.0 Å². The molecule has 2 aromatic carbocycles. The molecular weight excluding hydrogens is 356 g/mol. The first kappa shape index (κ1) is 17.4. The number of hydrogen-bond donors (Lipinski definition) is 2. The summed E-state index contributed by atoms with van der Waals surface area (Å²) in [5.74, 6) is -0.240. The van der Waals surface area contributed by atoms with E-state index in [1.165, 1.54) is 11.3 Å². The fourth-order valence-corrected chi connectivity index (χ4v) is 3.19. The smallest absolute Gasteiger partial charge is 0.257 e. The summed E-state index contributed by atoms with van der Waals surface area (Å²) < 4.78 is 0.962. The number of aromatic nitrogens is 1. The summed E-state index contributed by atoms with van der Waals surface area (Å²) in [5, 5.41) is 8.27. The fourth-order valence-electron chi connectivity index (χ4n) is 2.12. The van der Waals surface area contributed by atoms with Gasteiger partial charge in [-0.2, -0.15) is 5.10 Å². The number of anilines is 2. The zero-order chi connectivity index (χ0) is 17.8. The van der Waals surface area contributed by atoms with Gasteiger partial charge in [-0.25, -0.2) is 4.98 Å². The van der Waals surface area contributed by atoms with Crippen LogP contribution in [0, 0.1) is 0 Å². The monoisotopic (exact) mass is 372 g/mol. The van der Waals surface area contributed by atoms with Gasteiger partial charge in [0.05, 0.1) is 20.8 Å². The van der Waals surface area contributed by atoms with Crippen LogP contribution in [0.15, 0.2) is 47.6 Å². The molecule has 2 N–H and O–H groups in total. The number of halogens is 1. The second kappa shape index (κ2) is 7.63. The summed E-state index contributed by atoms with van der Waals surface area (Å²) in [5.41, 5.74) is 5.97. The number of amides is 1. The molecule has 1 heterocycles. The number of thiazole rings is 1. The van der Waals surface area contributed by atoms with Gasteiger partial charge in [0, 0.05) is 11.4 Å². The Morgan fingerprint density at radius 2 is 2.08 bits per heavy atom. The molecule has 3 aromatic rings. The summed E-state index contributed by atoms with van der Waals surface area (Å²) in [6, 6.07) is 12.5. The number of rotatable bonds is 5. The van der Waals surface area contributed by atoms with Gasteiger partial charge in [-0.3, -0.25) is 10.2 Å². The van der Waals surface area contributed by atoms with E-state index in [1.807, 2.05) is 32.0 Å². The Hall–Kier alpha value is -2.44. The van der Waals surface area contributed by atoms with Crippen molar-refractivity contribution >= 4 is 55.6 Å². The normalized spacial score (nSPS) is 11.6. The lowest BCUT2D eigenvalue weighted by atomic mass is 10.2. The van der Waals surface area contributed by atoms with Crippen LogP contribution in [0.3, 0.4) is 0 Å². The van der Waals surface area contributed by atoms with Crippen molar-refractivity contribution < 1.29 is 4.79 Å². The van der Waals surface area contributed by atoms with Gasteiger partial charge in [-0.05, 0) is 43.7 Å². The van der Waals surface area contributed by atoms with Gasteiger partial charge in [0.2, 0.25) is 5.13 Å². The van der Waals surface area contributed by atoms with Gasteiger partial charge in [0.25, 0.3) is 5.91 Å². The van der Waals surface area contributed by atoms with E-state index in [1.54, 1.807) is 24.3 Å². The number of hydrogen-bond acceptors (Lipinski definition) is 5. The number of benzene rings is 2. The topological polar surface area (TPSA) is 66.4 Å². The third-order valence-corrected chi connectivity index (χ3v) is 4.87. The highest BCUT2D eigenvalue weighted by Gasteiger charge is 2.11. The first-order valence-corrected chi connectivity index (χ1v) is 9.02. The predicted octanol–water partition coefficient (Wildman–Crippen LogP) is 5.40. The van der Waals surface area contributed by atoms with Crippen LogP contribution >= 0.6 is 22.9 Å². The van der Waals surface area contributed by atoms with Crippen molar-refractivity contribution in [2.24, 2.45) is 5.10 Å². The summed E-state index contributed by atoms with van der Waals surface area (Å²) in [6.45, 7) is 4.01. The molecule has 128 valence electrons. The highest BCUT2D eigenvalue weighted by atomic mass is 35.5. The van der Waals surface area contributed by atoms with Gasteiger partial charge < -0.3 is 5.32 Å². The van der Waals surface area contributed by atoms with E-state index >= 15 is 0 Å². The van der Waals surface area contributed by atoms with E-state index in [9.17, 15) is 4.79 Å². The quantitative estimate of drug-likeness (QED) is 0.465. The average Bonchev–Trinajstić information content (AvgIpc) is 3.02. The van der Waals surface area contributed by atoms with Crippen LogP contribution in [0.4, 0.5) is 10.8 Å². The Morgan fingerprint density at radius 3 is 2.84 bits per heavy atom. The SMILES string of the molecule is CC/C(C)=N\Nc1nc2ccc(NC(=O)c3ccccc3Cl)cc2s1. The Morgan fingerprint density at radius 1 is 1.28 bits per heavy atom. The third kappa shape index (κ3) is 4.15. The Kier molecular flexibility index (Phi) is 5.31. The van der Waals surface area contributed by atoms with E-state index in [0.29, 0.717) is 16.3 Å². The highest BCUT2D eigenvalue weighted by molar-refractivity contribution is 7.22. The minimum absolute atomic E-state index is 0.240. The predicted molar refractivity (Wildman–Crippen MR) is 106 cm³/mol. The molecule has 0 aliphatic heterocycles. The molecule has 0 fully saturated rings. The highest BCUT2D eigenvalue weighted by Crippen LogP contribution is 2.29. The van der Waals surface area contributed by atoms with E-state index in [-0.39, 0.29) is 5.91 Å². The van der Waals surface area contributed by atoms with E-state index in [4.69, 9.17) is 11.6 Å². The molecule has 25 heavy (non-hydrogen) atoms. The summed E-state index contributed by atoms with van der Waals surface area (Å²) in [6.07, 6.45) is 0.885. The zero-order valence-electron chi connectivity index (χ0n) is 13.8. The minimum Gasteiger partial charge on any atom is -0.322 e. The molecule has 0 unspecified atom stereocenters. The first-order chi connectivity index (χ1) is 12.1. The molecule has 0 saturated carbocycles. The maximum Gasteiger partial charge on any atom is 0.257 e. The molecule has 0 aliphatic carbocycles. The largest absolute Gasteiger partial charge is 0.322 e. The van der Waals surface area contributed by atoms with Crippen LogP contribution in [-0.4, -0.2) is 16.6 Å². The van der Waals surface area contributed by atoms with Crippen molar-refractivity contribution in [1.29, 1.82) is 0 Å². The van der Waals surface area contributed by atoms with Crippen LogP contribution < -0.4 is 10.7 Å². The van der Waals surface area contributed by atoms with E-state index in [2.05, 4.69) is 20.8 Å². The Labute approximate surface area is 154 Å². The number of nitrogens with one attached hydrogen (secondary N) is 2. The summed E-state index contributed by atoms with van der Waals surface area (Å²) >= 11 is 7.55. The number of hydrazone groups is 1. The van der Waals surface area contributed by atoms with Crippen molar-refractivity contribution in [3.05, 3.63) is 53.1 Å². The number of carbonyl (C=O) groups excluding carboxylic acids is 1. The molecule has 7 heteroatoms. The van der Waals surface area contributed by atoms with Crippen molar-refractivity contribution in [3.8, 4) is 0 Å². The molecule has 0 bridgehead atoms. The number of carbonyl (C=O) groups is 1. The zero-order valence-corrected chi connectivity index (χ0v) is 15.4. The summed E-state index contributed by atoms with van der Waals surface area (Å²) in [7, 11) is 0. The molecule has 0 radical (unpaired) electrons. The van der Waals surface area contributed by atoms with Crippen LogP contribution in [0.1, 0.15) is 30.6 Å². The standard InChI is InChI=1S/C18H17ClN4OS/c1-3-11(2)22-23-18-21-15-9-8-12(10-16(15)25-18)20-17(24)13-6-4-5-7-14(13)19/h4-10H,3H2,1-2H3,(H,20,24)(H,21,23)/b22-11-. The molecule has 0 aliphatic rings. The second-order valence-corrected chi connectivity index (χ2v) is 6.89. The van der Waals surface area contributed by atoms with Gasteiger partial charge in [0.15, 0.2) is 0 Å². The number of fused-ring (bicyclic) bond motifs is 1. The number of nitrogens with zero attached hydrogens (tertiary/aromatic N) is 2. The average molecular weight is 373 g/mol. The van der Waals surface area contributed by atoms with Crippen molar-refractivity contribution in [2.45, 2.75) is 20.3 Å². The van der Waals surface area contributed by atoms with Crippen molar-refractivity contribution in [2.75, 3.05) is 10.7 Å². The molecule has 3 rings (SSSR count). The molecule has 0 saturated heterocycles. The van der Waals surface area contributed by atoms with Crippen LogP contribution in [0.25, 0.3) is 10.2 Å². The first-order valence-electron chi connectivity index (χ1n) is 7.82. The minimum atomic E-state index is -0.240. The van der Waals surface area contributed by atoms with Gasteiger partial charge in [-0.15, -0.1) is 0 Å². The third-order valence-electron chi connectivity index (χ3n) is 3.62. The van der Waals surface area contributed by atoms with Crippen molar-refractivity contribution in [3.63, 3.8) is 0 Å². The Balaban J connectivity index is 1.79. The van der Waals surface area contributed by atoms with Gasteiger partial charge in [0.1, 0.15) is 0 Å². The van der Waals surface area contributed by atoms with Crippen LogP contribution in [0.2, 0.25) is 5.02 Å². The van der Waals surface area contributed by atoms with E-state index in [0.717, 1.165) is 27.5 Å². The lowest BCUT2D eigenvalue weighted by Gasteiger charge is -2.06. The summed E-state index contributed by atoms with van der Waals surface area (Å²) in [4.78, 5) is 16.8. The fraction of sp³-hybridized carbons (Fsp3) is 0.167. The molecule has 0 atom stereocenters. The maximum absolute atomic E-state index is 12.3. The lowest BCUT2D eigenvalue weighted by molar-refractivity contribution is 0.102. The Bertz CT molecular complexity index is 951. The van der Waals surface area contributed by atoms with E-state index < -0.39 is 0 Å². The van der Waals surface area contributed by atoms with Crippen LogP contribution in [0.5, 0.6) is 0 Å². The lowest BCUT2D eigenvalue weighted by Crippen LogP contribution is -2.12. The van der Waals surface area contributed by atoms with Crippen LogP contribution in [-0.2, 0) is 0 Å². The molecule has 1 aromatic heterocycles. The molecular formula is C18H17ClN4OS. The molecule has 5 nitrogen and oxygen atoms in total. The second-order valence-electron chi connectivity index (χ2n) is 5.45. The maximum atomic E-state index is 12.3. The van der Waals surface area contributed by atoms with Crippen molar-refractivity contribution in [1.82, 2.24) is 4.98 Å².